The molecule has 27 heavy (non-hydrogen) atoms. The first-order chi connectivity index (χ1) is 13.0. The molecule has 3 atom stereocenters. The molecular weight excluding hydrogens is 383 g/mol. The molecule has 3 rings (SSSR count). The first kappa shape index (κ1) is 19.9. The monoisotopic (exact) mass is 406 g/mol. The summed E-state index contributed by atoms with van der Waals surface area (Å²) in [6.45, 7) is 2.82. The Morgan fingerprint density at radius 3 is 3.04 bits per heavy atom. The summed E-state index contributed by atoms with van der Waals surface area (Å²) in [4.78, 5) is 29.9. The fourth-order valence-electron chi connectivity index (χ4n) is 2.76. The highest BCUT2D eigenvalue weighted by molar-refractivity contribution is 7.99. The third-order valence-electron chi connectivity index (χ3n) is 4.32. The number of nitrogens with zero attached hydrogens (tertiary/aromatic N) is 2. The molecule has 0 spiro atoms. The standard InChI is InChI=1S/C18H23N4O3PS/c1-11(25-2)9-16(26)22-7-5-15(21-18(22)24)20-17(23)12-3-4-14-13(10-12)19-6-8-27-14/h3-5,7,10-11,16,19H,6,8-9,26H2,1-2H3,(H,20,21,23,24)/t11?,16-/m0/s1. The molecular formula is C18H23N4O3PS. The molecule has 0 saturated heterocycles. The first-order valence-electron chi connectivity index (χ1n) is 8.67. The number of hydrogen-bond donors (Lipinski definition) is 2. The van der Waals surface area contributed by atoms with Gasteiger partial charge in [0, 0.05) is 41.8 Å². The molecule has 1 aliphatic rings. The van der Waals surface area contributed by atoms with Crippen LogP contribution in [0.3, 0.4) is 0 Å². The van der Waals surface area contributed by atoms with Gasteiger partial charge < -0.3 is 15.4 Å². The Bertz CT molecular complexity index is 889. The van der Waals surface area contributed by atoms with Crippen LogP contribution in [0.15, 0.2) is 40.2 Å². The number of nitrogens with one attached hydrogen (secondary N) is 2. The van der Waals surface area contributed by atoms with Gasteiger partial charge in [0.1, 0.15) is 5.82 Å². The van der Waals surface area contributed by atoms with Gasteiger partial charge in [-0.3, -0.25) is 9.36 Å². The third kappa shape index (κ3) is 4.89. The van der Waals surface area contributed by atoms with E-state index in [2.05, 4.69) is 24.9 Å². The molecule has 7 nitrogen and oxygen atoms in total. The van der Waals surface area contributed by atoms with Crippen molar-refractivity contribution in [1.82, 2.24) is 9.55 Å². The van der Waals surface area contributed by atoms with E-state index in [1.54, 1.807) is 37.2 Å². The lowest BCUT2D eigenvalue weighted by Crippen LogP contribution is -2.27. The van der Waals surface area contributed by atoms with Crippen molar-refractivity contribution in [2.24, 2.45) is 0 Å². The predicted molar refractivity (Wildman–Crippen MR) is 112 cm³/mol. The zero-order valence-corrected chi connectivity index (χ0v) is 17.2. The molecule has 2 heterocycles. The number of carbonyl (C=O) groups is 1. The third-order valence-corrected chi connectivity index (χ3v) is 5.99. The smallest absolute Gasteiger partial charge is 0.350 e. The zero-order chi connectivity index (χ0) is 19.4. The van der Waals surface area contributed by atoms with Crippen molar-refractivity contribution >= 4 is 38.4 Å². The van der Waals surface area contributed by atoms with E-state index in [1.165, 1.54) is 4.57 Å². The summed E-state index contributed by atoms with van der Waals surface area (Å²) in [6.07, 6.45) is 2.32. The average molecular weight is 406 g/mol. The first-order valence-corrected chi connectivity index (χ1v) is 10.3. The van der Waals surface area contributed by atoms with E-state index in [1.807, 2.05) is 19.1 Å². The molecule has 1 amide bonds. The van der Waals surface area contributed by atoms with E-state index in [0.29, 0.717) is 12.0 Å². The lowest BCUT2D eigenvalue weighted by Gasteiger charge is -2.19. The van der Waals surface area contributed by atoms with Crippen molar-refractivity contribution in [3.8, 4) is 0 Å². The number of methoxy groups -OCH3 is 1. The number of rotatable bonds is 6. The maximum Gasteiger partial charge on any atom is 0.350 e. The fraction of sp³-hybridized carbons (Fsp3) is 0.389. The van der Waals surface area contributed by atoms with Gasteiger partial charge in [0.15, 0.2) is 0 Å². The number of benzene rings is 1. The molecule has 1 aromatic heterocycles. The molecule has 1 aromatic carbocycles. The fourth-order valence-corrected chi connectivity index (χ4v) is 4.24. The minimum Gasteiger partial charge on any atom is -0.383 e. The number of fused-ring (bicyclic) bond motifs is 1. The second-order valence-corrected chi connectivity index (χ2v) is 8.20. The second kappa shape index (κ2) is 8.87. The summed E-state index contributed by atoms with van der Waals surface area (Å²) in [5.74, 6) is 0.820. The predicted octanol–water partition coefficient (Wildman–Crippen LogP) is 2.81. The largest absolute Gasteiger partial charge is 0.383 e. The van der Waals surface area contributed by atoms with Gasteiger partial charge in [0.25, 0.3) is 5.91 Å². The summed E-state index contributed by atoms with van der Waals surface area (Å²) in [5, 5.41) is 5.98. The molecule has 0 bridgehead atoms. The van der Waals surface area contributed by atoms with Crippen LogP contribution in [-0.4, -0.2) is 41.0 Å². The van der Waals surface area contributed by atoms with Crippen LogP contribution in [0.1, 0.15) is 29.5 Å². The molecule has 0 saturated carbocycles. The normalized spacial score (nSPS) is 15.4. The Morgan fingerprint density at radius 1 is 1.48 bits per heavy atom. The summed E-state index contributed by atoms with van der Waals surface area (Å²) in [5.41, 5.74) is 1.06. The van der Waals surface area contributed by atoms with E-state index in [4.69, 9.17) is 4.74 Å². The van der Waals surface area contributed by atoms with Crippen LogP contribution in [-0.2, 0) is 4.74 Å². The van der Waals surface area contributed by atoms with Crippen LogP contribution >= 0.6 is 21.0 Å². The van der Waals surface area contributed by atoms with E-state index in [9.17, 15) is 9.59 Å². The highest BCUT2D eigenvalue weighted by Gasteiger charge is 2.15. The Labute approximate surface area is 164 Å². The van der Waals surface area contributed by atoms with Gasteiger partial charge in [-0.15, -0.1) is 21.0 Å². The molecule has 1 aliphatic heterocycles. The van der Waals surface area contributed by atoms with Gasteiger partial charge in [-0.25, -0.2) is 4.79 Å². The van der Waals surface area contributed by atoms with E-state index >= 15 is 0 Å². The van der Waals surface area contributed by atoms with Crippen molar-refractivity contribution in [3.63, 3.8) is 0 Å². The van der Waals surface area contributed by atoms with Crippen molar-refractivity contribution < 1.29 is 9.53 Å². The van der Waals surface area contributed by atoms with Gasteiger partial charge >= 0.3 is 5.69 Å². The van der Waals surface area contributed by atoms with Gasteiger partial charge in [-0.2, -0.15) is 4.98 Å². The second-order valence-electron chi connectivity index (χ2n) is 6.29. The number of anilines is 2. The quantitative estimate of drug-likeness (QED) is 0.718. The van der Waals surface area contributed by atoms with E-state index in [-0.39, 0.29) is 23.6 Å². The maximum absolute atomic E-state index is 12.5. The van der Waals surface area contributed by atoms with Crippen molar-refractivity contribution in [1.29, 1.82) is 0 Å². The summed E-state index contributed by atoms with van der Waals surface area (Å²) >= 11 is 1.76. The lowest BCUT2D eigenvalue weighted by molar-refractivity contribution is 0.102. The number of ether oxygens (including phenoxy) is 1. The van der Waals surface area contributed by atoms with Crippen LogP contribution in [0.2, 0.25) is 0 Å². The molecule has 144 valence electrons. The van der Waals surface area contributed by atoms with Crippen molar-refractivity contribution in [2.45, 2.75) is 30.1 Å². The number of thioether (sulfide) groups is 1. The topological polar surface area (TPSA) is 85.2 Å². The molecule has 2 aromatic rings. The average Bonchev–Trinajstić information content (AvgIpc) is 2.67. The Balaban J connectivity index is 1.71. The molecule has 9 heteroatoms. The lowest BCUT2D eigenvalue weighted by atomic mass is 10.2. The van der Waals surface area contributed by atoms with Gasteiger partial charge in [-0.1, -0.05) is 0 Å². The van der Waals surface area contributed by atoms with Crippen molar-refractivity contribution in [3.05, 3.63) is 46.5 Å². The minimum absolute atomic E-state index is 0.0227. The summed E-state index contributed by atoms with van der Waals surface area (Å²) in [7, 11) is 4.26. The summed E-state index contributed by atoms with van der Waals surface area (Å²) in [6, 6.07) is 7.16. The molecule has 0 radical (unpaired) electrons. The summed E-state index contributed by atoms with van der Waals surface area (Å²) < 4.78 is 6.74. The Morgan fingerprint density at radius 2 is 2.30 bits per heavy atom. The minimum atomic E-state index is -0.417. The van der Waals surface area contributed by atoms with E-state index in [0.717, 1.165) is 22.9 Å². The zero-order valence-electron chi connectivity index (χ0n) is 15.3. The van der Waals surface area contributed by atoms with Gasteiger partial charge in [-0.05, 0) is 37.6 Å². The Hall–Kier alpha value is -1.89. The van der Waals surface area contributed by atoms with Crippen LogP contribution in [0.4, 0.5) is 11.5 Å². The van der Waals surface area contributed by atoms with Crippen LogP contribution in [0.25, 0.3) is 0 Å². The number of carbonyl (C=O) groups excluding carboxylic acids is 1. The molecule has 0 aliphatic carbocycles. The van der Waals surface area contributed by atoms with Crippen LogP contribution in [0, 0.1) is 0 Å². The highest BCUT2D eigenvalue weighted by atomic mass is 32.2. The highest BCUT2D eigenvalue weighted by Crippen LogP contribution is 2.31. The van der Waals surface area contributed by atoms with Gasteiger partial charge in [0.05, 0.1) is 11.9 Å². The van der Waals surface area contributed by atoms with Gasteiger partial charge in [0.2, 0.25) is 0 Å². The number of hydrogen-bond acceptors (Lipinski definition) is 6. The van der Waals surface area contributed by atoms with Crippen LogP contribution in [0.5, 0.6) is 0 Å². The number of aromatic nitrogens is 2. The molecule has 2 unspecified atom stereocenters. The SMILES string of the molecule is COC(C)C[C@H](P)n1ccc(NC(=O)c2ccc3c(c2)NCCS3)nc1=O. The Kier molecular flexibility index (Phi) is 6.52. The molecule has 0 fully saturated rings. The van der Waals surface area contributed by atoms with Crippen molar-refractivity contribution in [2.75, 3.05) is 30.0 Å². The van der Waals surface area contributed by atoms with Crippen LogP contribution < -0.4 is 16.3 Å². The maximum atomic E-state index is 12.5. The molecule has 2 N–H and O–H groups in total. The van der Waals surface area contributed by atoms with E-state index < -0.39 is 5.69 Å². The number of amides is 1.